The first-order chi connectivity index (χ1) is 7.63. The molecule has 1 amide bonds. The second-order valence-corrected chi connectivity index (χ2v) is 3.45. The number of hydrogen-bond donors (Lipinski definition) is 2. The van der Waals surface area contributed by atoms with Crippen molar-refractivity contribution in [2.45, 2.75) is 20.0 Å². The molecule has 1 aromatic rings. The summed E-state index contributed by atoms with van der Waals surface area (Å²) in [4.78, 5) is 10.7. The van der Waals surface area contributed by atoms with Gasteiger partial charge in [0.05, 0.1) is 12.7 Å². The molecule has 4 heteroatoms. The average molecular weight is 223 g/mol. The third-order valence-corrected chi connectivity index (χ3v) is 2.12. The van der Waals surface area contributed by atoms with Crippen LogP contribution in [0, 0.1) is 0 Å². The van der Waals surface area contributed by atoms with Gasteiger partial charge in [0.25, 0.3) is 0 Å². The van der Waals surface area contributed by atoms with Gasteiger partial charge in [-0.3, -0.25) is 4.79 Å². The SMILES string of the molecule is CCOc1ccc(C(O)CNC(C)=O)cc1. The molecule has 0 saturated carbocycles. The van der Waals surface area contributed by atoms with Gasteiger partial charge in [-0.2, -0.15) is 0 Å². The highest BCUT2D eigenvalue weighted by molar-refractivity contribution is 5.72. The summed E-state index contributed by atoms with van der Waals surface area (Å²) in [6.45, 7) is 4.18. The Bertz CT molecular complexity index is 335. The number of ether oxygens (including phenoxy) is 1. The van der Waals surface area contributed by atoms with Crippen molar-refractivity contribution < 1.29 is 14.6 Å². The number of aliphatic hydroxyl groups is 1. The number of carbonyl (C=O) groups excluding carboxylic acids is 1. The molecule has 0 fully saturated rings. The van der Waals surface area contributed by atoms with Crippen LogP contribution < -0.4 is 10.1 Å². The molecule has 0 aromatic heterocycles. The number of amides is 1. The van der Waals surface area contributed by atoms with Crippen molar-refractivity contribution in [2.24, 2.45) is 0 Å². The minimum atomic E-state index is -0.681. The molecule has 0 aliphatic rings. The monoisotopic (exact) mass is 223 g/mol. The summed E-state index contributed by atoms with van der Waals surface area (Å²) >= 11 is 0. The summed E-state index contributed by atoms with van der Waals surface area (Å²) in [5.74, 6) is 0.628. The number of hydrogen-bond acceptors (Lipinski definition) is 3. The molecule has 88 valence electrons. The van der Waals surface area contributed by atoms with Crippen molar-refractivity contribution in [3.63, 3.8) is 0 Å². The van der Waals surface area contributed by atoms with Crippen molar-refractivity contribution in [3.8, 4) is 5.75 Å². The van der Waals surface area contributed by atoms with E-state index in [-0.39, 0.29) is 12.5 Å². The lowest BCUT2D eigenvalue weighted by Gasteiger charge is -2.12. The van der Waals surface area contributed by atoms with Crippen LogP contribution in [0.3, 0.4) is 0 Å². The normalized spacial score (nSPS) is 11.9. The summed E-state index contributed by atoms with van der Waals surface area (Å²) in [7, 11) is 0. The minimum Gasteiger partial charge on any atom is -0.494 e. The van der Waals surface area contributed by atoms with E-state index >= 15 is 0 Å². The number of aliphatic hydroxyl groups excluding tert-OH is 1. The van der Waals surface area contributed by atoms with Gasteiger partial charge >= 0.3 is 0 Å². The molecular formula is C12H17NO3. The second kappa shape index (κ2) is 6.12. The van der Waals surface area contributed by atoms with E-state index in [2.05, 4.69) is 5.32 Å². The Labute approximate surface area is 95.2 Å². The first-order valence-electron chi connectivity index (χ1n) is 5.28. The second-order valence-electron chi connectivity index (χ2n) is 3.45. The van der Waals surface area contributed by atoms with E-state index in [9.17, 15) is 9.90 Å². The molecule has 1 rings (SSSR count). The number of carbonyl (C=O) groups is 1. The molecular weight excluding hydrogens is 206 g/mol. The zero-order chi connectivity index (χ0) is 12.0. The molecule has 16 heavy (non-hydrogen) atoms. The van der Waals surface area contributed by atoms with E-state index in [1.54, 1.807) is 24.3 Å². The summed E-state index contributed by atoms with van der Waals surface area (Å²) in [5, 5.41) is 12.3. The van der Waals surface area contributed by atoms with E-state index in [0.717, 1.165) is 11.3 Å². The zero-order valence-corrected chi connectivity index (χ0v) is 9.56. The van der Waals surface area contributed by atoms with E-state index in [0.29, 0.717) is 6.61 Å². The molecule has 1 unspecified atom stereocenters. The van der Waals surface area contributed by atoms with E-state index in [4.69, 9.17) is 4.74 Å². The highest BCUT2D eigenvalue weighted by atomic mass is 16.5. The summed E-state index contributed by atoms with van der Waals surface area (Å²) in [6, 6.07) is 7.18. The van der Waals surface area contributed by atoms with Crippen LogP contribution in [0.25, 0.3) is 0 Å². The van der Waals surface area contributed by atoms with Crippen LogP contribution >= 0.6 is 0 Å². The molecule has 1 atom stereocenters. The van der Waals surface area contributed by atoms with Gasteiger partial charge in [0.1, 0.15) is 5.75 Å². The summed E-state index contributed by atoms with van der Waals surface area (Å²) < 4.78 is 5.29. The number of rotatable bonds is 5. The summed E-state index contributed by atoms with van der Waals surface area (Å²) in [5.41, 5.74) is 0.761. The van der Waals surface area contributed by atoms with E-state index in [1.165, 1.54) is 6.92 Å². The Kier molecular flexibility index (Phi) is 4.79. The maximum absolute atomic E-state index is 10.7. The minimum absolute atomic E-state index is 0.148. The van der Waals surface area contributed by atoms with Crippen LogP contribution in [0.4, 0.5) is 0 Å². The topological polar surface area (TPSA) is 58.6 Å². The molecule has 0 aliphatic heterocycles. The fourth-order valence-electron chi connectivity index (χ4n) is 1.31. The van der Waals surface area contributed by atoms with Gasteiger partial charge in [-0.25, -0.2) is 0 Å². The van der Waals surface area contributed by atoms with Gasteiger partial charge in [0.2, 0.25) is 5.91 Å². The van der Waals surface area contributed by atoms with Crippen LogP contribution in [0.2, 0.25) is 0 Å². The number of benzene rings is 1. The molecule has 0 radical (unpaired) electrons. The van der Waals surface area contributed by atoms with E-state index in [1.807, 2.05) is 6.92 Å². The van der Waals surface area contributed by atoms with Gasteiger partial charge < -0.3 is 15.2 Å². The fraction of sp³-hybridized carbons (Fsp3) is 0.417. The lowest BCUT2D eigenvalue weighted by Crippen LogP contribution is -2.25. The Balaban J connectivity index is 2.55. The van der Waals surface area contributed by atoms with Crippen LogP contribution in [-0.4, -0.2) is 24.2 Å². The van der Waals surface area contributed by atoms with Crippen molar-refractivity contribution in [3.05, 3.63) is 29.8 Å². The van der Waals surface area contributed by atoms with Crippen molar-refractivity contribution in [1.29, 1.82) is 0 Å². The Morgan fingerprint density at radius 2 is 2.06 bits per heavy atom. The van der Waals surface area contributed by atoms with Gasteiger partial charge in [-0.15, -0.1) is 0 Å². The Morgan fingerprint density at radius 3 is 2.56 bits per heavy atom. The third kappa shape index (κ3) is 3.90. The lowest BCUT2D eigenvalue weighted by atomic mass is 10.1. The lowest BCUT2D eigenvalue weighted by molar-refractivity contribution is -0.119. The number of nitrogens with one attached hydrogen (secondary N) is 1. The van der Waals surface area contributed by atoms with Crippen molar-refractivity contribution in [2.75, 3.05) is 13.2 Å². The maximum atomic E-state index is 10.7. The summed E-state index contributed by atoms with van der Waals surface area (Å²) in [6.07, 6.45) is -0.681. The average Bonchev–Trinajstić information content (AvgIpc) is 2.27. The molecule has 0 bridgehead atoms. The molecule has 1 aromatic carbocycles. The van der Waals surface area contributed by atoms with Crippen molar-refractivity contribution >= 4 is 5.91 Å². The molecule has 0 heterocycles. The quantitative estimate of drug-likeness (QED) is 0.790. The molecule has 2 N–H and O–H groups in total. The third-order valence-electron chi connectivity index (χ3n) is 2.12. The highest BCUT2D eigenvalue weighted by Gasteiger charge is 2.07. The highest BCUT2D eigenvalue weighted by Crippen LogP contribution is 2.17. The first-order valence-corrected chi connectivity index (χ1v) is 5.28. The maximum Gasteiger partial charge on any atom is 0.216 e. The van der Waals surface area contributed by atoms with E-state index < -0.39 is 6.10 Å². The van der Waals surface area contributed by atoms with Gasteiger partial charge in [0.15, 0.2) is 0 Å². The molecule has 0 spiro atoms. The Morgan fingerprint density at radius 1 is 1.44 bits per heavy atom. The standard InChI is InChI=1S/C12H17NO3/c1-3-16-11-6-4-10(5-7-11)12(15)8-13-9(2)14/h4-7,12,15H,3,8H2,1-2H3,(H,13,14). The van der Waals surface area contributed by atoms with Crippen molar-refractivity contribution in [1.82, 2.24) is 5.32 Å². The molecule has 0 aliphatic carbocycles. The Hall–Kier alpha value is -1.55. The molecule has 4 nitrogen and oxygen atoms in total. The van der Waals surface area contributed by atoms with Crippen LogP contribution in [-0.2, 0) is 4.79 Å². The van der Waals surface area contributed by atoms with Gasteiger partial charge in [-0.05, 0) is 24.6 Å². The largest absolute Gasteiger partial charge is 0.494 e. The smallest absolute Gasteiger partial charge is 0.216 e. The molecule has 0 saturated heterocycles. The predicted molar refractivity (Wildman–Crippen MR) is 61.3 cm³/mol. The van der Waals surface area contributed by atoms with Crippen LogP contribution in [0.1, 0.15) is 25.5 Å². The van der Waals surface area contributed by atoms with Crippen LogP contribution in [0.5, 0.6) is 5.75 Å². The first kappa shape index (κ1) is 12.5. The predicted octanol–water partition coefficient (Wildman–Crippen LogP) is 1.25. The van der Waals surface area contributed by atoms with Gasteiger partial charge in [0, 0.05) is 13.5 Å². The van der Waals surface area contributed by atoms with Crippen LogP contribution in [0.15, 0.2) is 24.3 Å². The van der Waals surface area contributed by atoms with Gasteiger partial charge in [-0.1, -0.05) is 12.1 Å². The zero-order valence-electron chi connectivity index (χ0n) is 9.56. The fourth-order valence-corrected chi connectivity index (χ4v) is 1.31.